The van der Waals surface area contributed by atoms with Crippen LogP contribution in [0, 0.1) is 23.7 Å². The zero-order valence-electron chi connectivity index (χ0n) is 14.6. The SMILES string of the molecule is COc1cc(C)cc(OC)c1[C@]1(O)C2(C)CCC(C2)C1(C)C. The minimum absolute atomic E-state index is 0.128. The predicted molar refractivity (Wildman–Crippen MR) is 87.4 cm³/mol. The van der Waals surface area contributed by atoms with Gasteiger partial charge in [0.25, 0.3) is 0 Å². The first-order valence-electron chi connectivity index (χ1n) is 8.17. The number of methoxy groups -OCH3 is 2. The topological polar surface area (TPSA) is 38.7 Å². The van der Waals surface area contributed by atoms with Crippen molar-refractivity contribution in [3.8, 4) is 11.5 Å². The number of rotatable bonds is 3. The molecule has 3 heteroatoms. The molecule has 3 nitrogen and oxygen atoms in total. The fourth-order valence-corrected chi connectivity index (χ4v) is 5.28. The summed E-state index contributed by atoms with van der Waals surface area (Å²) in [5.41, 5.74) is 0.644. The highest BCUT2D eigenvalue weighted by Crippen LogP contribution is 2.73. The molecule has 0 saturated heterocycles. The molecule has 2 bridgehead atoms. The number of ether oxygens (including phenoxy) is 2. The molecule has 0 radical (unpaired) electrons. The summed E-state index contributed by atoms with van der Waals surface area (Å²) in [7, 11) is 3.34. The van der Waals surface area contributed by atoms with Gasteiger partial charge in [0.1, 0.15) is 17.1 Å². The van der Waals surface area contributed by atoms with Crippen LogP contribution in [0.3, 0.4) is 0 Å². The number of aryl methyl sites for hydroxylation is 1. The van der Waals surface area contributed by atoms with Gasteiger partial charge in [-0.15, -0.1) is 0 Å². The summed E-state index contributed by atoms with van der Waals surface area (Å²) < 4.78 is 11.3. The van der Waals surface area contributed by atoms with Crippen LogP contribution in [0.1, 0.15) is 51.2 Å². The number of hydrogen-bond acceptors (Lipinski definition) is 3. The molecule has 1 aromatic carbocycles. The molecule has 0 aliphatic heterocycles. The van der Waals surface area contributed by atoms with E-state index in [1.165, 1.54) is 6.42 Å². The van der Waals surface area contributed by atoms with Crippen molar-refractivity contribution in [2.75, 3.05) is 14.2 Å². The van der Waals surface area contributed by atoms with Crippen LogP contribution < -0.4 is 9.47 Å². The molecular weight excluding hydrogens is 276 g/mol. The van der Waals surface area contributed by atoms with Crippen molar-refractivity contribution in [2.45, 2.75) is 52.6 Å². The van der Waals surface area contributed by atoms with Gasteiger partial charge in [-0.1, -0.05) is 20.8 Å². The average Bonchev–Trinajstić information content (AvgIpc) is 2.94. The van der Waals surface area contributed by atoms with E-state index in [0.29, 0.717) is 5.92 Å². The van der Waals surface area contributed by atoms with Crippen molar-refractivity contribution in [3.63, 3.8) is 0 Å². The maximum Gasteiger partial charge on any atom is 0.128 e. The molecule has 2 saturated carbocycles. The summed E-state index contributed by atoms with van der Waals surface area (Å²) in [5, 5.41) is 12.0. The predicted octanol–water partition coefficient (Wildman–Crippen LogP) is 4.05. The van der Waals surface area contributed by atoms with Gasteiger partial charge in [-0.25, -0.2) is 0 Å². The summed E-state index contributed by atoms with van der Waals surface area (Å²) in [6.45, 7) is 8.63. The van der Waals surface area contributed by atoms with E-state index in [1.54, 1.807) is 14.2 Å². The molecule has 1 aromatic rings. The minimum atomic E-state index is -0.937. The van der Waals surface area contributed by atoms with Crippen LogP contribution in [0.4, 0.5) is 0 Å². The molecule has 22 heavy (non-hydrogen) atoms. The van der Waals surface area contributed by atoms with Gasteiger partial charge in [0.2, 0.25) is 0 Å². The van der Waals surface area contributed by atoms with Crippen LogP contribution in [0.5, 0.6) is 11.5 Å². The van der Waals surface area contributed by atoms with Crippen molar-refractivity contribution in [1.82, 2.24) is 0 Å². The summed E-state index contributed by atoms with van der Waals surface area (Å²) in [6, 6.07) is 4.00. The molecular formula is C19H28O3. The zero-order valence-corrected chi connectivity index (χ0v) is 14.6. The van der Waals surface area contributed by atoms with Crippen molar-refractivity contribution in [1.29, 1.82) is 0 Å². The van der Waals surface area contributed by atoms with Crippen LogP contribution in [-0.4, -0.2) is 19.3 Å². The highest BCUT2D eigenvalue weighted by molar-refractivity contribution is 5.54. The molecule has 0 amide bonds. The molecule has 2 fully saturated rings. The number of aliphatic hydroxyl groups is 1. The Morgan fingerprint density at radius 3 is 2.05 bits per heavy atom. The molecule has 122 valence electrons. The Bertz CT molecular complexity index is 575. The smallest absolute Gasteiger partial charge is 0.128 e. The van der Waals surface area contributed by atoms with Gasteiger partial charge in [0, 0.05) is 10.8 Å². The lowest BCUT2D eigenvalue weighted by Gasteiger charge is -2.51. The molecule has 2 aliphatic carbocycles. The number of benzene rings is 1. The number of fused-ring (bicyclic) bond motifs is 2. The van der Waals surface area contributed by atoms with Crippen LogP contribution >= 0.6 is 0 Å². The minimum Gasteiger partial charge on any atom is -0.496 e. The highest BCUT2D eigenvalue weighted by Gasteiger charge is 2.70. The molecule has 2 unspecified atom stereocenters. The normalized spacial score (nSPS) is 35.7. The lowest BCUT2D eigenvalue weighted by molar-refractivity contribution is -0.152. The van der Waals surface area contributed by atoms with Crippen LogP contribution in [0.15, 0.2) is 12.1 Å². The molecule has 3 atom stereocenters. The lowest BCUT2D eigenvalue weighted by atomic mass is 9.57. The van der Waals surface area contributed by atoms with Gasteiger partial charge in [-0.2, -0.15) is 0 Å². The van der Waals surface area contributed by atoms with E-state index in [1.807, 2.05) is 19.1 Å². The Hall–Kier alpha value is -1.22. The first-order chi connectivity index (χ1) is 10.2. The number of hydrogen-bond donors (Lipinski definition) is 1. The van der Waals surface area contributed by atoms with Crippen molar-refractivity contribution < 1.29 is 14.6 Å². The second-order valence-corrected chi connectivity index (χ2v) is 7.98. The Morgan fingerprint density at radius 2 is 1.64 bits per heavy atom. The largest absolute Gasteiger partial charge is 0.496 e. The van der Waals surface area contributed by atoms with Crippen LogP contribution in [-0.2, 0) is 5.60 Å². The summed E-state index contributed by atoms with van der Waals surface area (Å²) in [6.07, 6.45) is 3.32. The maximum absolute atomic E-state index is 12.0. The first kappa shape index (κ1) is 15.7. The van der Waals surface area contributed by atoms with Gasteiger partial charge in [-0.05, 0) is 49.8 Å². The average molecular weight is 304 g/mol. The molecule has 0 aromatic heterocycles. The van der Waals surface area contributed by atoms with E-state index in [2.05, 4.69) is 20.8 Å². The van der Waals surface area contributed by atoms with Crippen molar-refractivity contribution in [3.05, 3.63) is 23.3 Å². The fourth-order valence-electron chi connectivity index (χ4n) is 5.28. The standard InChI is InChI=1S/C19H28O3/c1-12-9-14(21-5)16(15(10-12)22-6)19(20)17(2,3)13-7-8-18(19,4)11-13/h9-10,13,20H,7-8,11H2,1-6H3/t13?,18?,19-/m1/s1. The molecule has 2 aliphatic rings. The second kappa shape index (κ2) is 4.64. The summed E-state index contributed by atoms with van der Waals surface area (Å²) in [5.74, 6) is 2.01. The molecule has 0 spiro atoms. The van der Waals surface area contributed by atoms with Crippen LogP contribution in [0.25, 0.3) is 0 Å². The Kier molecular flexibility index (Phi) is 3.30. The van der Waals surface area contributed by atoms with E-state index in [-0.39, 0.29) is 10.8 Å². The van der Waals surface area contributed by atoms with E-state index >= 15 is 0 Å². The van der Waals surface area contributed by atoms with Gasteiger partial charge in [0.05, 0.1) is 19.8 Å². The van der Waals surface area contributed by atoms with Crippen LogP contribution in [0.2, 0.25) is 0 Å². The lowest BCUT2D eigenvalue weighted by Crippen LogP contribution is -2.51. The highest BCUT2D eigenvalue weighted by atomic mass is 16.5. The summed E-state index contributed by atoms with van der Waals surface area (Å²) >= 11 is 0. The van der Waals surface area contributed by atoms with E-state index < -0.39 is 5.60 Å². The third-order valence-electron chi connectivity index (χ3n) is 6.58. The van der Waals surface area contributed by atoms with Crippen molar-refractivity contribution >= 4 is 0 Å². The van der Waals surface area contributed by atoms with Gasteiger partial charge >= 0.3 is 0 Å². The van der Waals surface area contributed by atoms with E-state index in [4.69, 9.17) is 9.47 Å². The molecule has 1 N–H and O–H groups in total. The zero-order chi connectivity index (χ0) is 16.3. The summed E-state index contributed by atoms with van der Waals surface area (Å²) in [4.78, 5) is 0. The Balaban J connectivity index is 2.30. The van der Waals surface area contributed by atoms with Gasteiger partial charge in [-0.3, -0.25) is 0 Å². The third-order valence-corrected chi connectivity index (χ3v) is 6.58. The Morgan fingerprint density at radius 1 is 1.09 bits per heavy atom. The quantitative estimate of drug-likeness (QED) is 0.915. The second-order valence-electron chi connectivity index (χ2n) is 7.98. The monoisotopic (exact) mass is 304 g/mol. The Labute approximate surface area is 133 Å². The molecule has 0 heterocycles. The van der Waals surface area contributed by atoms with E-state index in [9.17, 15) is 5.11 Å². The maximum atomic E-state index is 12.0. The van der Waals surface area contributed by atoms with E-state index in [0.717, 1.165) is 35.5 Å². The third kappa shape index (κ3) is 1.66. The first-order valence-corrected chi connectivity index (χ1v) is 8.17. The fraction of sp³-hybridized carbons (Fsp3) is 0.684. The van der Waals surface area contributed by atoms with Gasteiger partial charge in [0.15, 0.2) is 0 Å². The molecule has 3 rings (SSSR count). The van der Waals surface area contributed by atoms with Gasteiger partial charge < -0.3 is 14.6 Å². The van der Waals surface area contributed by atoms with Crippen molar-refractivity contribution in [2.24, 2.45) is 16.7 Å².